The molecule has 0 radical (unpaired) electrons. The summed E-state index contributed by atoms with van der Waals surface area (Å²) in [6.07, 6.45) is 10.3. The molecule has 1 fully saturated rings. The number of hydrogen-bond donors (Lipinski definition) is 10. The molecule has 0 amide bonds. The zero-order valence-electron chi connectivity index (χ0n) is 48.6. The molecule has 10 N–H and O–H groups in total. The first kappa shape index (κ1) is 75.0. The minimum atomic E-state index is -0.905. The van der Waals surface area contributed by atoms with Crippen LogP contribution in [0.4, 0.5) is 0 Å². The van der Waals surface area contributed by atoms with Crippen molar-refractivity contribution in [3.8, 4) is 0 Å². The predicted molar refractivity (Wildman–Crippen MR) is 301 cm³/mol. The minimum Gasteiger partial charge on any atom is -0.394 e. The molecule has 1 saturated carbocycles. The van der Waals surface area contributed by atoms with E-state index in [1.165, 1.54) is 6.42 Å². The number of aliphatic imine (C=N–C) groups is 3. The van der Waals surface area contributed by atoms with Gasteiger partial charge in [0.1, 0.15) is 54.9 Å². The average molecular weight is 1170 g/mol. The lowest BCUT2D eigenvalue weighted by Gasteiger charge is -2.26. The van der Waals surface area contributed by atoms with Gasteiger partial charge in [0.2, 0.25) is 0 Å². The van der Waals surface area contributed by atoms with Crippen LogP contribution in [0.25, 0.3) is 0 Å². The van der Waals surface area contributed by atoms with Gasteiger partial charge in [-0.1, -0.05) is 12.2 Å². The summed E-state index contributed by atoms with van der Waals surface area (Å²) in [6, 6.07) is 0. The molecule has 0 aliphatic heterocycles. The van der Waals surface area contributed by atoms with Crippen LogP contribution in [0.3, 0.4) is 0 Å². The topological polar surface area (TPSA) is 350 Å². The summed E-state index contributed by atoms with van der Waals surface area (Å²) in [5, 5.41) is 100. The largest absolute Gasteiger partial charge is 0.394 e. The Kier molecular flexibility index (Phi) is 46.3. The first-order chi connectivity index (χ1) is 39.5. The van der Waals surface area contributed by atoms with Crippen LogP contribution in [0.1, 0.15) is 70.6 Å². The molecule has 476 valence electrons. The Morgan fingerprint density at radius 3 is 0.938 bits per heavy atom. The normalized spacial score (nSPS) is 21.0. The SMILES string of the molecule is CN=CCCCC(O)COC(CCCC=NC)COC(CCCC=NC)COC(CO)COC(CO)COC(CO)COC(CO)COC(CO)COC(CO)COC(CO)COC(CO)COC(CO)COCC1CC2C=CC1C2. The fraction of sp³-hybridized carbons (Fsp3) is 0.911. The van der Waals surface area contributed by atoms with Crippen molar-refractivity contribution in [2.45, 2.75) is 144 Å². The van der Waals surface area contributed by atoms with E-state index in [9.17, 15) is 51.1 Å². The standard InChI is InChI=1S/C56H105N3O22/c1-57-15-7-4-10-45(69)30-71-46(11-5-8-16-58-2)32-72-47(12-6-9-17-59-3)33-73-49(21-61)35-75-51(23-63)37-77-53(25-65)39-79-55(27-67)41-81-56(28-68)40-80-54(26-66)38-78-52(24-64)36-76-50(22-62)34-74-48(20-60)31-70-29-44-19-42-13-14-43(44)18-42/h13-17,42-56,60-69H,4-12,18-41H2,1-3H3. The Morgan fingerprint density at radius 1 is 0.370 bits per heavy atom. The lowest BCUT2D eigenvalue weighted by atomic mass is 9.95. The summed E-state index contributed by atoms with van der Waals surface area (Å²) in [5.74, 6) is 1.66. The highest BCUT2D eigenvalue weighted by Crippen LogP contribution is 2.43. The lowest BCUT2D eigenvalue weighted by Crippen LogP contribution is -2.38. The monoisotopic (exact) mass is 1170 g/mol. The predicted octanol–water partition coefficient (Wildman–Crippen LogP) is -0.643. The number of rotatable bonds is 58. The molecule has 0 aromatic carbocycles. The molecule has 15 atom stereocenters. The molecule has 2 bridgehead atoms. The number of allylic oxidation sites excluding steroid dienone is 2. The Morgan fingerprint density at radius 2 is 0.654 bits per heavy atom. The van der Waals surface area contributed by atoms with Crippen molar-refractivity contribution in [3.05, 3.63) is 12.2 Å². The molecule has 81 heavy (non-hydrogen) atoms. The molecule has 2 rings (SSSR count). The van der Waals surface area contributed by atoms with Crippen molar-refractivity contribution in [1.82, 2.24) is 0 Å². The average Bonchev–Trinajstić information content (AvgIpc) is 4.20. The van der Waals surface area contributed by atoms with Gasteiger partial charge in [-0.05, 0) is 107 Å². The lowest BCUT2D eigenvalue weighted by molar-refractivity contribution is -0.149. The number of aliphatic hydroxyl groups excluding tert-OH is 10. The van der Waals surface area contributed by atoms with Crippen LogP contribution in [0.15, 0.2) is 27.1 Å². The highest BCUT2D eigenvalue weighted by molar-refractivity contribution is 5.57. The molecule has 15 unspecified atom stereocenters. The molecular formula is C56H105N3O22. The van der Waals surface area contributed by atoms with Crippen molar-refractivity contribution < 1.29 is 108 Å². The molecule has 2 aliphatic rings. The molecule has 0 aromatic rings. The smallest absolute Gasteiger partial charge is 0.104 e. The Hall–Kier alpha value is -2.13. The zero-order valence-corrected chi connectivity index (χ0v) is 48.6. The molecular weight excluding hydrogens is 1070 g/mol. The maximum atomic E-state index is 10.5. The van der Waals surface area contributed by atoms with E-state index >= 15 is 0 Å². The van der Waals surface area contributed by atoms with Gasteiger partial charge in [-0.15, -0.1) is 0 Å². The van der Waals surface area contributed by atoms with Crippen LogP contribution in [-0.4, -0.2) is 309 Å². The van der Waals surface area contributed by atoms with Gasteiger partial charge in [0.25, 0.3) is 0 Å². The van der Waals surface area contributed by atoms with Crippen LogP contribution >= 0.6 is 0 Å². The molecule has 0 saturated heterocycles. The molecule has 0 spiro atoms. The number of hydrogen-bond acceptors (Lipinski definition) is 25. The summed E-state index contributed by atoms with van der Waals surface area (Å²) >= 11 is 0. The summed E-state index contributed by atoms with van der Waals surface area (Å²) in [5.41, 5.74) is 0. The van der Waals surface area contributed by atoms with Gasteiger partial charge in [0.15, 0.2) is 0 Å². The third-order valence-corrected chi connectivity index (χ3v) is 13.7. The zero-order chi connectivity index (χ0) is 59.1. The van der Waals surface area contributed by atoms with E-state index < -0.39 is 101 Å². The van der Waals surface area contributed by atoms with Gasteiger partial charge in [-0.2, -0.15) is 0 Å². The van der Waals surface area contributed by atoms with Crippen molar-refractivity contribution in [1.29, 1.82) is 0 Å². The number of nitrogens with zero attached hydrogens (tertiary/aromatic N) is 3. The van der Waals surface area contributed by atoms with Gasteiger partial charge in [0, 0.05) is 21.1 Å². The minimum absolute atomic E-state index is 0.0359. The summed E-state index contributed by atoms with van der Waals surface area (Å²) < 4.78 is 70.4. The highest BCUT2D eigenvalue weighted by Gasteiger charge is 2.36. The first-order valence-electron chi connectivity index (χ1n) is 29.0. The van der Waals surface area contributed by atoms with E-state index in [-0.39, 0.29) is 111 Å². The highest BCUT2D eigenvalue weighted by atomic mass is 16.6. The second-order valence-corrected chi connectivity index (χ2v) is 20.5. The van der Waals surface area contributed by atoms with Crippen molar-refractivity contribution in [2.75, 3.05) is 166 Å². The summed E-state index contributed by atoms with van der Waals surface area (Å²) in [7, 11) is 5.17. The van der Waals surface area contributed by atoms with E-state index in [0.717, 1.165) is 44.9 Å². The fourth-order valence-corrected chi connectivity index (χ4v) is 8.72. The van der Waals surface area contributed by atoms with Crippen LogP contribution in [0.5, 0.6) is 0 Å². The third kappa shape index (κ3) is 35.8. The first-order valence-corrected chi connectivity index (χ1v) is 29.0. The Labute approximate surface area is 480 Å². The number of fused-ring (bicyclic) bond motifs is 2. The molecule has 0 heterocycles. The number of ether oxygens (including phenoxy) is 12. The third-order valence-electron chi connectivity index (χ3n) is 13.7. The Balaban J connectivity index is 1.76. The molecule has 25 heteroatoms. The van der Waals surface area contributed by atoms with Crippen LogP contribution in [0, 0.1) is 17.8 Å². The van der Waals surface area contributed by atoms with Crippen molar-refractivity contribution in [2.24, 2.45) is 32.7 Å². The van der Waals surface area contributed by atoms with Gasteiger partial charge in [0.05, 0.1) is 164 Å². The van der Waals surface area contributed by atoms with Crippen molar-refractivity contribution >= 4 is 18.6 Å². The fourth-order valence-electron chi connectivity index (χ4n) is 8.72. The Bertz CT molecular complexity index is 1560. The van der Waals surface area contributed by atoms with Crippen LogP contribution in [0.2, 0.25) is 0 Å². The second kappa shape index (κ2) is 50.1. The van der Waals surface area contributed by atoms with Gasteiger partial charge in [-0.25, -0.2) is 0 Å². The van der Waals surface area contributed by atoms with Crippen molar-refractivity contribution in [3.63, 3.8) is 0 Å². The van der Waals surface area contributed by atoms with Crippen LogP contribution < -0.4 is 0 Å². The van der Waals surface area contributed by atoms with E-state index in [1.54, 1.807) is 21.1 Å². The summed E-state index contributed by atoms with van der Waals surface area (Å²) in [6.45, 7) is -3.61. The number of unbranched alkanes of at least 4 members (excludes halogenated alkanes) is 3. The second-order valence-electron chi connectivity index (χ2n) is 20.5. The maximum absolute atomic E-state index is 10.5. The van der Waals surface area contributed by atoms with E-state index in [1.807, 2.05) is 18.6 Å². The summed E-state index contributed by atoms with van der Waals surface area (Å²) in [4.78, 5) is 12.1. The molecule has 2 aliphatic carbocycles. The van der Waals surface area contributed by atoms with Gasteiger partial charge in [-0.3, -0.25) is 0 Å². The van der Waals surface area contributed by atoms with Crippen LogP contribution in [-0.2, 0) is 56.8 Å². The molecule has 25 nitrogen and oxygen atoms in total. The quantitative estimate of drug-likeness (QED) is 0.0206. The van der Waals surface area contributed by atoms with Gasteiger partial charge < -0.3 is 123 Å². The van der Waals surface area contributed by atoms with Gasteiger partial charge >= 0.3 is 0 Å². The van der Waals surface area contributed by atoms with E-state index in [0.29, 0.717) is 43.6 Å². The number of aliphatic hydroxyl groups is 10. The molecule has 0 aromatic heterocycles. The van der Waals surface area contributed by atoms with E-state index in [2.05, 4.69) is 27.1 Å². The van der Waals surface area contributed by atoms with E-state index in [4.69, 9.17) is 56.8 Å². The maximum Gasteiger partial charge on any atom is 0.104 e.